The van der Waals surface area contributed by atoms with Gasteiger partial charge in [-0.2, -0.15) is 0 Å². The molecule has 2 fully saturated rings. The Morgan fingerprint density at radius 1 is 1.13 bits per heavy atom. The van der Waals surface area contributed by atoms with Gasteiger partial charge in [0.2, 0.25) is 5.91 Å². The number of hydrogen-bond donors (Lipinski definition) is 0. The van der Waals surface area contributed by atoms with Gasteiger partial charge >= 0.3 is 0 Å². The van der Waals surface area contributed by atoms with Crippen LogP contribution in [0.1, 0.15) is 32.6 Å². The summed E-state index contributed by atoms with van der Waals surface area (Å²) in [6.45, 7) is 6.05. The van der Waals surface area contributed by atoms with Gasteiger partial charge in [0.1, 0.15) is 0 Å². The van der Waals surface area contributed by atoms with E-state index in [2.05, 4.69) is 11.3 Å². The van der Waals surface area contributed by atoms with Crippen LogP contribution in [-0.2, 0) is 4.79 Å². The molecule has 0 aromatic rings. The summed E-state index contributed by atoms with van der Waals surface area (Å²) in [7, 11) is 0. The van der Waals surface area contributed by atoms with Crippen LogP contribution in [0.25, 0.3) is 0 Å². The smallest absolute Gasteiger partial charge is 0.219 e. The lowest BCUT2D eigenvalue weighted by molar-refractivity contribution is -0.130. The van der Waals surface area contributed by atoms with Crippen molar-refractivity contribution in [3.8, 4) is 0 Å². The maximum atomic E-state index is 11.2. The monoisotopic (exact) mass is 209 g/mol. The van der Waals surface area contributed by atoms with Crippen molar-refractivity contribution in [1.82, 2.24) is 9.80 Å². The van der Waals surface area contributed by atoms with E-state index in [1.807, 2.05) is 4.90 Å². The molecule has 0 aromatic carbocycles. The van der Waals surface area contributed by atoms with Crippen molar-refractivity contribution < 1.29 is 4.79 Å². The zero-order valence-electron chi connectivity index (χ0n) is 9.61. The summed E-state index contributed by atoms with van der Waals surface area (Å²) < 4.78 is 0. The number of hydrogen-bond acceptors (Lipinski definition) is 2. The molecule has 2 saturated heterocycles. The molecule has 0 aromatic heterocycles. The Bertz CT molecular complexity index is 216. The van der Waals surface area contributed by atoms with Gasteiger partial charge in [-0.25, -0.2) is 0 Å². The van der Waals surface area contributed by atoms with E-state index in [1.54, 1.807) is 6.92 Å². The normalized spacial score (nSPS) is 25.5. The van der Waals surface area contributed by atoms with Gasteiger partial charge in [0.05, 0.1) is 0 Å². The fourth-order valence-corrected chi connectivity index (χ4v) is 2.68. The van der Waals surface area contributed by atoms with Crippen molar-refractivity contribution in [3.05, 3.63) is 6.42 Å². The van der Waals surface area contributed by atoms with Crippen LogP contribution in [0.15, 0.2) is 0 Å². The Morgan fingerprint density at radius 3 is 2.27 bits per heavy atom. The van der Waals surface area contributed by atoms with Crippen LogP contribution in [-0.4, -0.2) is 47.9 Å². The third-order valence-electron chi connectivity index (χ3n) is 3.67. The highest BCUT2D eigenvalue weighted by atomic mass is 16.2. The van der Waals surface area contributed by atoms with Crippen molar-refractivity contribution in [2.45, 2.75) is 38.6 Å². The van der Waals surface area contributed by atoms with Gasteiger partial charge in [0.25, 0.3) is 0 Å². The van der Waals surface area contributed by atoms with Gasteiger partial charge in [-0.1, -0.05) is 0 Å². The molecule has 0 atom stereocenters. The first kappa shape index (κ1) is 10.9. The van der Waals surface area contributed by atoms with Gasteiger partial charge in [-0.15, -0.1) is 0 Å². The van der Waals surface area contributed by atoms with E-state index in [4.69, 9.17) is 0 Å². The molecule has 3 heteroatoms. The molecule has 85 valence electrons. The second-order valence-electron chi connectivity index (χ2n) is 4.64. The summed E-state index contributed by atoms with van der Waals surface area (Å²) in [6, 6.07) is 0.731. The number of rotatable bonds is 1. The van der Waals surface area contributed by atoms with E-state index in [9.17, 15) is 4.79 Å². The maximum absolute atomic E-state index is 11.2. The van der Waals surface area contributed by atoms with Crippen LogP contribution in [0.2, 0.25) is 0 Å². The van der Waals surface area contributed by atoms with Crippen LogP contribution in [0.5, 0.6) is 0 Å². The number of nitrogens with zero attached hydrogens (tertiary/aromatic N) is 2. The Balaban J connectivity index is 1.79. The third kappa shape index (κ3) is 2.71. The van der Waals surface area contributed by atoms with Crippen LogP contribution >= 0.6 is 0 Å². The van der Waals surface area contributed by atoms with E-state index < -0.39 is 0 Å². The predicted octanol–water partition coefficient (Wildman–Crippen LogP) is 1.30. The molecule has 2 aliphatic rings. The predicted molar refractivity (Wildman–Crippen MR) is 60.4 cm³/mol. The van der Waals surface area contributed by atoms with E-state index in [0.29, 0.717) is 0 Å². The zero-order chi connectivity index (χ0) is 10.7. The fraction of sp³-hybridized carbons (Fsp3) is 0.833. The lowest BCUT2D eigenvalue weighted by atomic mass is 10.00. The van der Waals surface area contributed by atoms with Gasteiger partial charge in [0.15, 0.2) is 0 Å². The van der Waals surface area contributed by atoms with E-state index in [-0.39, 0.29) is 5.91 Å². The van der Waals surface area contributed by atoms with E-state index >= 15 is 0 Å². The Kier molecular flexibility index (Phi) is 3.62. The number of carbonyl (C=O) groups excluding carboxylic acids is 1. The molecular weight excluding hydrogens is 188 g/mol. The highest BCUT2D eigenvalue weighted by Gasteiger charge is 2.26. The molecule has 0 N–H and O–H groups in total. The first-order valence-electron chi connectivity index (χ1n) is 6.08. The molecule has 0 bridgehead atoms. The van der Waals surface area contributed by atoms with Crippen molar-refractivity contribution >= 4 is 5.91 Å². The van der Waals surface area contributed by atoms with Crippen LogP contribution in [0.4, 0.5) is 0 Å². The lowest BCUT2D eigenvalue weighted by Gasteiger charge is -2.39. The quantitative estimate of drug-likeness (QED) is 0.650. The van der Waals surface area contributed by atoms with Crippen LogP contribution < -0.4 is 0 Å². The minimum absolute atomic E-state index is 0.237. The van der Waals surface area contributed by atoms with Crippen molar-refractivity contribution in [2.24, 2.45) is 0 Å². The molecule has 0 saturated carbocycles. The van der Waals surface area contributed by atoms with Gasteiger partial charge in [-0.3, -0.25) is 4.79 Å². The summed E-state index contributed by atoms with van der Waals surface area (Å²) in [5.41, 5.74) is 0. The SMILES string of the molecule is CC(=O)N1CCC(N2CC[CH]CC2)CC1. The van der Waals surface area contributed by atoms with Crippen LogP contribution in [0.3, 0.4) is 0 Å². The second-order valence-corrected chi connectivity index (χ2v) is 4.64. The fourth-order valence-electron chi connectivity index (χ4n) is 2.68. The number of piperidine rings is 2. The molecule has 15 heavy (non-hydrogen) atoms. The minimum atomic E-state index is 0.237. The largest absolute Gasteiger partial charge is 0.343 e. The summed E-state index contributed by atoms with van der Waals surface area (Å²) in [6.07, 6.45) is 7.21. The first-order chi connectivity index (χ1) is 7.27. The number of amides is 1. The Labute approximate surface area is 92.4 Å². The Hall–Kier alpha value is -0.570. The molecule has 2 rings (SSSR count). The lowest BCUT2D eigenvalue weighted by Crippen LogP contribution is -2.47. The van der Waals surface area contributed by atoms with Crippen molar-refractivity contribution in [1.29, 1.82) is 0 Å². The molecular formula is C12H21N2O. The summed E-state index contributed by atoms with van der Waals surface area (Å²) in [5, 5.41) is 0. The van der Waals surface area contributed by atoms with Gasteiger partial charge in [-0.05, 0) is 45.2 Å². The first-order valence-corrected chi connectivity index (χ1v) is 6.08. The van der Waals surface area contributed by atoms with Crippen molar-refractivity contribution in [2.75, 3.05) is 26.2 Å². The van der Waals surface area contributed by atoms with E-state index in [1.165, 1.54) is 38.8 Å². The highest BCUT2D eigenvalue weighted by Crippen LogP contribution is 2.20. The molecule has 0 aliphatic carbocycles. The third-order valence-corrected chi connectivity index (χ3v) is 3.67. The van der Waals surface area contributed by atoms with E-state index in [0.717, 1.165) is 19.1 Å². The number of likely N-dealkylation sites (tertiary alicyclic amines) is 2. The molecule has 2 aliphatic heterocycles. The topological polar surface area (TPSA) is 23.6 Å². The molecule has 1 radical (unpaired) electrons. The summed E-state index contributed by atoms with van der Waals surface area (Å²) in [4.78, 5) is 15.8. The van der Waals surface area contributed by atoms with Crippen molar-refractivity contribution in [3.63, 3.8) is 0 Å². The maximum Gasteiger partial charge on any atom is 0.219 e. The second kappa shape index (κ2) is 4.97. The summed E-state index contributed by atoms with van der Waals surface area (Å²) >= 11 is 0. The average molecular weight is 209 g/mol. The molecule has 0 spiro atoms. The standard InChI is InChI=1S/C12H21N2O/c1-11(15)13-9-5-12(6-10-13)14-7-3-2-4-8-14/h2,12H,3-10H2,1H3. The Morgan fingerprint density at radius 2 is 1.73 bits per heavy atom. The zero-order valence-corrected chi connectivity index (χ0v) is 9.61. The summed E-state index contributed by atoms with van der Waals surface area (Å²) in [5.74, 6) is 0.237. The average Bonchev–Trinajstić information content (AvgIpc) is 2.30. The minimum Gasteiger partial charge on any atom is -0.343 e. The highest BCUT2D eigenvalue weighted by molar-refractivity contribution is 5.73. The van der Waals surface area contributed by atoms with Gasteiger partial charge < -0.3 is 9.80 Å². The molecule has 1 amide bonds. The number of carbonyl (C=O) groups is 1. The molecule has 2 heterocycles. The molecule has 3 nitrogen and oxygen atoms in total. The van der Waals surface area contributed by atoms with Gasteiger partial charge in [0, 0.05) is 26.1 Å². The molecule has 0 unspecified atom stereocenters. The van der Waals surface area contributed by atoms with Crippen LogP contribution in [0, 0.1) is 6.42 Å².